The molecule has 1 aliphatic heterocycles. The van der Waals surface area contributed by atoms with Gasteiger partial charge in [0.15, 0.2) is 5.79 Å². The fourth-order valence-corrected chi connectivity index (χ4v) is 8.83. The SMILES string of the molecule is NNC(=O)C12C3[C@H]4[C@H]1C1[C@H]2[C@H]3C4(Br)C12OCCO2. The highest BCUT2D eigenvalue weighted by Crippen LogP contribution is 3.04. The summed E-state index contributed by atoms with van der Waals surface area (Å²) in [6.07, 6.45) is 0. The molecule has 0 aromatic carbocycles. The minimum Gasteiger partial charge on any atom is -0.346 e. The standard InChI is InChI=1S/C12H13BrN2O3/c13-11-6-3-7(11)5-8(12(11)17-1-2-18-12)4(6)10(3,5)9(16)15-14/h3-8H,1-2,14H2,(H,15,16)/t3?,4-,5+,6-,7-,8?,10?,11?/m0/s1. The van der Waals surface area contributed by atoms with Crippen LogP contribution in [-0.4, -0.2) is 29.2 Å². The summed E-state index contributed by atoms with van der Waals surface area (Å²) in [4.78, 5) is 12.1. The van der Waals surface area contributed by atoms with Crippen molar-refractivity contribution in [2.75, 3.05) is 13.2 Å². The van der Waals surface area contributed by atoms with E-state index < -0.39 is 5.79 Å². The van der Waals surface area contributed by atoms with Gasteiger partial charge < -0.3 is 9.47 Å². The number of nitrogens with one attached hydrogen (secondary N) is 1. The van der Waals surface area contributed by atoms with Crippen molar-refractivity contribution in [2.24, 2.45) is 46.8 Å². The largest absolute Gasteiger partial charge is 0.346 e. The molecule has 1 heterocycles. The molecular weight excluding hydrogens is 300 g/mol. The second-order valence-electron chi connectivity index (χ2n) is 6.69. The van der Waals surface area contributed by atoms with Gasteiger partial charge in [-0.25, -0.2) is 5.84 Å². The third kappa shape index (κ3) is 0.473. The molecular formula is C12H13BrN2O3. The number of amides is 1. The van der Waals surface area contributed by atoms with E-state index in [4.69, 9.17) is 15.3 Å². The van der Waals surface area contributed by atoms with E-state index in [9.17, 15) is 4.79 Å². The molecule has 1 spiro atoms. The maximum atomic E-state index is 12.1. The van der Waals surface area contributed by atoms with E-state index in [2.05, 4.69) is 21.4 Å². The number of hydrogen-bond donors (Lipinski definition) is 2. The van der Waals surface area contributed by atoms with Crippen molar-refractivity contribution in [2.45, 2.75) is 10.1 Å². The molecule has 0 radical (unpaired) electrons. The van der Waals surface area contributed by atoms with Crippen LogP contribution >= 0.6 is 15.9 Å². The van der Waals surface area contributed by atoms with Crippen LogP contribution in [0.4, 0.5) is 0 Å². The number of carbonyl (C=O) groups is 1. The lowest BCUT2D eigenvalue weighted by atomic mass is 9.13. The highest BCUT2D eigenvalue weighted by atomic mass is 79.9. The van der Waals surface area contributed by atoms with Gasteiger partial charge in [-0.1, -0.05) is 15.9 Å². The second-order valence-corrected chi connectivity index (χ2v) is 8.01. The van der Waals surface area contributed by atoms with Crippen molar-refractivity contribution in [1.82, 2.24) is 5.43 Å². The Labute approximate surface area is 112 Å². The van der Waals surface area contributed by atoms with Crippen molar-refractivity contribution >= 4 is 21.8 Å². The summed E-state index contributed by atoms with van der Waals surface area (Å²) in [5.41, 5.74) is 2.24. The molecule has 7 fully saturated rings. The van der Waals surface area contributed by atoms with Gasteiger partial charge in [-0.3, -0.25) is 10.2 Å². The summed E-state index contributed by atoms with van der Waals surface area (Å²) < 4.78 is 12.1. The Balaban J connectivity index is 1.53. The van der Waals surface area contributed by atoms with Gasteiger partial charge in [0.1, 0.15) is 0 Å². The fourth-order valence-electron chi connectivity index (χ4n) is 7.20. The highest BCUT2D eigenvalue weighted by Gasteiger charge is 3.10. The number of carbonyl (C=O) groups excluding carboxylic acids is 1. The predicted octanol–water partition coefficient (Wildman–Crippen LogP) is -0.395. The number of ether oxygens (including phenoxy) is 2. The Morgan fingerprint density at radius 2 is 1.67 bits per heavy atom. The summed E-state index contributed by atoms with van der Waals surface area (Å²) >= 11 is 3.96. The van der Waals surface area contributed by atoms with Crippen LogP contribution in [0.25, 0.3) is 0 Å². The first kappa shape index (κ1) is 9.69. The van der Waals surface area contributed by atoms with Gasteiger partial charge in [0.05, 0.1) is 23.0 Å². The molecule has 5 nitrogen and oxygen atoms in total. The number of hydrazine groups is 1. The third-order valence-corrected chi connectivity index (χ3v) is 8.77. The highest BCUT2D eigenvalue weighted by molar-refractivity contribution is 9.10. The smallest absolute Gasteiger partial charge is 0.241 e. The Hall–Kier alpha value is -0.170. The monoisotopic (exact) mass is 312 g/mol. The van der Waals surface area contributed by atoms with Crippen LogP contribution in [0.1, 0.15) is 0 Å². The first-order valence-corrected chi connectivity index (χ1v) is 7.44. The minimum absolute atomic E-state index is 0.00219. The van der Waals surface area contributed by atoms with E-state index >= 15 is 0 Å². The molecule has 8 atom stereocenters. The average Bonchev–Trinajstić information content (AvgIpc) is 2.89. The fraction of sp³-hybridized carbons (Fsp3) is 0.917. The maximum absolute atomic E-state index is 12.1. The molecule has 6 heteroatoms. The summed E-state index contributed by atoms with van der Waals surface area (Å²) in [5.74, 6) is 7.92. The van der Waals surface area contributed by atoms with Crippen molar-refractivity contribution in [3.63, 3.8) is 0 Å². The number of rotatable bonds is 1. The first-order chi connectivity index (χ1) is 8.67. The van der Waals surface area contributed by atoms with E-state index in [0.29, 0.717) is 48.7 Å². The lowest BCUT2D eigenvalue weighted by Crippen LogP contribution is -2.94. The van der Waals surface area contributed by atoms with Crippen LogP contribution in [0.5, 0.6) is 0 Å². The van der Waals surface area contributed by atoms with Crippen LogP contribution in [0.2, 0.25) is 0 Å². The molecule has 7 aliphatic rings. The van der Waals surface area contributed by atoms with Gasteiger partial charge in [0.25, 0.3) is 0 Å². The molecule has 18 heavy (non-hydrogen) atoms. The summed E-state index contributed by atoms with van der Waals surface area (Å²) in [6.45, 7) is 1.37. The molecule has 4 unspecified atom stereocenters. The van der Waals surface area contributed by atoms with Crippen LogP contribution in [-0.2, 0) is 14.3 Å². The van der Waals surface area contributed by atoms with Crippen molar-refractivity contribution < 1.29 is 14.3 Å². The topological polar surface area (TPSA) is 73.6 Å². The van der Waals surface area contributed by atoms with E-state index in [-0.39, 0.29) is 15.6 Å². The summed E-state index contributed by atoms with van der Waals surface area (Å²) in [5, 5.41) is 0. The van der Waals surface area contributed by atoms with Gasteiger partial charge in [-0.05, 0) is 29.6 Å². The van der Waals surface area contributed by atoms with Crippen LogP contribution < -0.4 is 11.3 Å². The molecule has 0 aromatic heterocycles. The molecule has 96 valence electrons. The molecule has 6 aliphatic carbocycles. The van der Waals surface area contributed by atoms with Gasteiger partial charge in [0, 0.05) is 5.92 Å². The minimum atomic E-state index is -0.428. The van der Waals surface area contributed by atoms with Crippen LogP contribution in [0, 0.1) is 40.9 Å². The number of alkyl halides is 1. The number of nitrogens with two attached hydrogens (primary N) is 1. The van der Waals surface area contributed by atoms with Crippen molar-refractivity contribution in [1.29, 1.82) is 0 Å². The number of halogens is 1. The van der Waals surface area contributed by atoms with E-state index in [1.807, 2.05) is 0 Å². The Kier molecular flexibility index (Phi) is 1.18. The normalized spacial score (nSPS) is 69.9. The van der Waals surface area contributed by atoms with Gasteiger partial charge in [-0.15, -0.1) is 0 Å². The summed E-state index contributed by atoms with van der Waals surface area (Å²) in [7, 11) is 0. The molecule has 1 amide bonds. The molecule has 0 aromatic rings. The maximum Gasteiger partial charge on any atom is 0.241 e. The molecule has 3 N–H and O–H groups in total. The quantitative estimate of drug-likeness (QED) is 0.299. The zero-order valence-electron chi connectivity index (χ0n) is 9.56. The number of hydrogen-bond acceptors (Lipinski definition) is 4. The van der Waals surface area contributed by atoms with Crippen LogP contribution in [0.3, 0.4) is 0 Å². The molecule has 7 rings (SSSR count). The Morgan fingerprint density at radius 1 is 1.11 bits per heavy atom. The third-order valence-electron chi connectivity index (χ3n) is 7.16. The van der Waals surface area contributed by atoms with Crippen molar-refractivity contribution in [3.05, 3.63) is 0 Å². The van der Waals surface area contributed by atoms with E-state index in [0.717, 1.165) is 0 Å². The van der Waals surface area contributed by atoms with Crippen LogP contribution in [0.15, 0.2) is 0 Å². The van der Waals surface area contributed by atoms with E-state index in [1.165, 1.54) is 0 Å². The second kappa shape index (κ2) is 2.20. The van der Waals surface area contributed by atoms with E-state index in [1.54, 1.807) is 0 Å². The van der Waals surface area contributed by atoms with Gasteiger partial charge in [-0.2, -0.15) is 0 Å². The van der Waals surface area contributed by atoms with Gasteiger partial charge >= 0.3 is 0 Å². The zero-order chi connectivity index (χ0) is 12.1. The summed E-state index contributed by atoms with van der Waals surface area (Å²) in [6, 6.07) is 0. The molecule has 2 bridgehead atoms. The zero-order valence-corrected chi connectivity index (χ0v) is 11.1. The lowest BCUT2D eigenvalue weighted by molar-refractivity contribution is -0.416. The van der Waals surface area contributed by atoms with Crippen molar-refractivity contribution in [3.8, 4) is 0 Å². The molecule has 6 saturated carbocycles. The Morgan fingerprint density at radius 3 is 2.22 bits per heavy atom. The molecule has 1 saturated heterocycles. The predicted molar refractivity (Wildman–Crippen MR) is 62.0 cm³/mol. The lowest BCUT2D eigenvalue weighted by Gasteiger charge is -2.90. The Bertz CT molecular complexity index is 511. The van der Waals surface area contributed by atoms with Gasteiger partial charge in [0.2, 0.25) is 5.91 Å². The first-order valence-electron chi connectivity index (χ1n) is 6.65. The average molecular weight is 313 g/mol.